The van der Waals surface area contributed by atoms with Gasteiger partial charge in [-0.15, -0.1) is 0 Å². The lowest BCUT2D eigenvalue weighted by Gasteiger charge is -2.20. The molecule has 25 heavy (non-hydrogen) atoms. The smallest absolute Gasteiger partial charge is 0.243 e. The van der Waals surface area contributed by atoms with Gasteiger partial charge >= 0.3 is 0 Å². The number of carbonyl (C=O) groups is 1. The molecule has 0 aliphatic heterocycles. The molecule has 1 rings (SSSR count). The first-order valence-corrected chi connectivity index (χ1v) is 10.4. The van der Waals surface area contributed by atoms with Crippen LogP contribution in [0.3, 0.4) is 0 Å². The zero-order chi connectivity index (χ0) is 18.9. The van der Waals surface area contributed by atoms with Crippen molar-refractivity contribution in [2.24, 2.45) is 0 Å². The lowest BCUT2D eigenvalue weighted by molar-refractivity contribution is -0.116. The van der Waals surface area contributed by atoms with Gasteiger partial charge in [0, 0.05) is 19.5 Å². The molecular formula is C18H30N2O4S. The van der Waals surface area contributed by atoms with Crippen molar-refractivity contribution in [1.82, 2.24) is 4.31 Å². The van der Waals surface area contributed by atoms with Crippen molar-refractivity contribution in [1.29, 1.82) is 0 Å². The van der Waals surface area contributed by atoms with Crippen LogP contribution in [0.15, 0.2) is 23.1 Å². The summed E-state index contributed by atoms with van der Waals surface area (Å²) < 4.78 is 32.3. The number of hydrogen-bond donors (Lipinski definition) is 1. The van der Waals surface area contributed by atoms with E-state index >= 15 is 0 Å². The Balaban J connectivity index is 3.10. The highest BCUT2D eigenvalue weighted by molar-refractivity contribution is 7.89. The van der Waals surface area contributed by atoms with Gasteiger partial charge in [-0.1, -0.05) is 33.6 Å². The normalized spacial score (nSPS) is 11.6. The predicted octanol–water partition coefficient (Wildman–Crippen LogP) is 3.63. The fraction of sp³-hybridized carbons (Fsp3) is 0.611. The maximum Gasteiger partial charge on any atom is 0.243 e. The van der Waals surface area contributed by atoms with Gasteiger partial charge in [-0.2, -0.15) is 4.31 Å². The molecule has 0 atom stereocenters. The van der Waals surface area contributed by atoms with Crippen LogP contribution in [0.4, 0.5) is 5.69 Å². The van der Waals surface area contributed by atoms with E-state index < -0.39 is 10.0 Å². The van der Waals surface area contributed by atoms with Crippen LogP contribution in [0.1, 0.15) is 53.4 Å². The molecule has 0 saturated heterocycles. The molecular weight excluding hydrogens is 340 g/mol. The number of unbranched alkanes of at least 4 members (excludes halogenated alkanes) is 2. The Morgan fingerprint density at radius 3 is 2.36 bits per heavy atom. The second-order valence-corrected chi connectivity index (χ2v) is 7.62. The largest absolute Gasteiger partial charge is 0.492 e. The van der Waals surface area contributed by atoms with Gasteiger partial charge in [0.2, 0.25) is 15.9 Å². The minimum atomic E-state index is -3.59. The molecule has 7 heteroatoms. The van der Waals surface area contributed by atoms with Crippen molar-refractivity contribution in [3.05, 3.63) is 18.2 Å². The molecule has 0 unspecified atom stereocenters. The molecule has 0 aliphatic rings. The average molecular weight is 371 g/mol. The lowest BCUT2D eigenvalue weighted by atomic mass is 10.2. The summed E-state index contributed by atoms with van der Waals surface area (Å²) in [5, 5.41) is 2.79. The van der Waals surface area contributed by atoms with E-state index in [1.807, 2.05) is 6.92 Å². The molecule has 0 aromatic heterocycles. The highest BCUT2D eigenvalue weighted by Crippen LogP contribution is 2.29. The summed E-state index contributed by atoms with van der Waals surface area (Å²) in [5.74, 6) is 0.344. The van der Waals surface area contributed by atoms with Crippen LogP contribution in [0.2, 0.25) is 0 Å². The molecule has 0 saturated carbocycles. The van der Waals surface area contributed by atoms with Gasteiger partial charge in [0.15, 0.2) is 0 Å². The van der Waals surface area contributed by atoms with Crippen LogP contribution in [-0.4, -0.2) is 38.3 Å². The van der Waals surface area contributed by atoms with E-state index in [1.54, 1.807) is 19.9 Å². The molecule has 0 bridgehead atoms. The van der Waals surface area contributed by atoms with Crippen molar-refractivity contribution in [3.63, 3.8) is 0 Å². The first-order chi connectivity index (χ1) is 11.9. The van der Waals surface area contributed by atoms with Crippen molar-refractivity contribution >= 4 is 21.6 Å². The zero-order valence-corrected chi connectivity index (χ0v) is 16.5. The van der Waals surface area contributed by atoms with Crippen LogP contribution in [0.25, 0.3) is 0 Å². The maximum absolute atomic E-state index is 12.7. The molecule has 1 aromatic rings. The maximum atomic E-state index is 12.7. The monoisotopic (exact) mass is 370 g/mol. The van der Waals surface area contributed by atoms with Gasteiger partial charge in [0.1, 0.15) is 5.75 Å². The Labute approximate surface area is 151 Å². The van der Waals surface area contributed by atoms with E-state index in [1.165, 1.54) is 16.4 Å². The third-order valence-electron chi connectivity index (χ3n) is 3.88. The van der Waals surface area contributed by atoms with Gasteiger partial charge in [0.25, 0.3) is 0 Å². The first kappa shape index (κ1) is 21.4. The van der Waals surface area contributed by atoms with Crippen LogP contribution in [-0.2, 0) is 14.8 Å². The van der Waals surface area contributed by atoms with Crippen molar-refractivity contribution in [3.8, 4) is 5.75 Å². The lowest BCUT2D eigenvalue weighted by Crippen LogP contribution is -2.30. The summed E-state index contributed by atoms with van der Waals surface area (Å²) >= 11 is 0. The van der Waals surface area contributed by atoms with Crippen molar-refractivity contribution < 1.29 is 17.9 Å². The third-order valence-corrected chi connectivity index (χ3v) is 5.92. The average Bonchev–Trinajstić information content (AvgIpc) is 2.57. The molecule has 142 valence electrons. The van der Waals surface area contributed by atoms with Crippen LogP contribution in [0, 0.1) is 0 Å². The number of anilines is 1. The standard InChI is InChI=1S/C18H30N2O4S/c1-5-9-10-11-18(21)19-16-14-15(12-13-17(16)24-8-4)25(22,23)20(6-2)7-3/h12-14H,5-11H2,1-4H3,(H,19,21). The summed E-state index contributed by atoms with van der Waals surface area (Å²) in [6.07, 6.45) is 3.24. The number of ether oxygens (including phenoxy) is 1. The summed E-state index contributed by atoms with van der Waals surface area (Å²) in [4.78, 5) is 12.3. The van der Waals surface area contributed by atoms with E-state index in [9.17, 15) is 13.2 Å². The highest BCUT2D eigenvalue weighted by atomic mass is 32.2. The predicted molar refractivity (Wildman–Crippen MR) is 100 cm³/mol. The second kappa shape index (κ2) is 10.4. The highest BCUT2D eigenvalue weighted by Gasteiger charge is 2.23. The Kier molecular flexibility index (Phi) is 8.92. The summed E-state index contributed by atoms with van der Waals surface area (Å²) in [5.41, 5.74) is 0.400. The van der Waals surface area contributed by atoms with Crippen LogP contribution < -0.4 is 10.1 Å². The second-order valence-electron chi connectivity index (χ2n) is 5.69. The number of amides is 1. The number of hydrogen-bond acceptors (Lipinski definition) is 4. The van der Waals surface area contributed by atoms with Gasteiger partial charge in [0.05, 0.1) is 17.2 Å². The van der Waals surface area contributed by atoms with E-state index in [0.717, 1.165) is 19.3 Å². The van der Waals surface area contributed by atoms with Crippen molar-refractivity contribution in [2.75, 3.05) is 25.0 Å². The third kappa shape index (κ3) is 6.01. The van der Waals surface area contributed by atoms with Crippen molar-refractivity contribution in [2.45, 2.75) is 58.3 Å². The molecule has 6 nitrogen and oxygen atoms in total. The quantitative estimate of drug-likeness (QED) is 0.604. The SMILES string of the molecule is CCCCCC(=O)Nc1cc(S(=O)(=O)N(CC)CC)ccc1OCC. The molecule has 0 aliphatic carbocycles. The molecule has 0 spiro atoms. The number of benzene rings is 1. The summed E-state index contributed by atoms with van der Waals surface area (Å²) in [6.45, 7) is 8.73. The zero-order valence-electron chi connectivity index (χ0n) is 15.7. The minimum absolute atomic E-state index is 0.133. The number of sulfonamides is 1. The number of rotatable bonds is 11. The fourth-order valence-electron chi connectivity index (χ4n) is 2.51. The minimum Gasteiger partial charge on any atom is -0.492 e. The first-order valence-electron chi connectivity index (χ1n) is 8.97. The van der Waals surface area contributed by atoms with Gasteiger partial charge in [-0.3, -0.25) is 4.79 Å². The summed E-state index contributed by atoms with van der Waals surface area (Å²) in [7, 11) is -3.59. The Hall–Kier alpha value is -1.60. The van der Waals surface area contributed by atoms with Crippen LogP contribution in [0.5, 0.6) is 5.75 Å². The molecule has 0 heterocycles. The van der Waals surface area contributed by atoms with Crippen LogP contribution >= 0.6 is 0 Å². The van der Waals surface area contributed by atoms with E-state index in [2.05, 4.69) is 12.2 Å². The van der Waals surface area contributed by atoms with E-state index in [-0.39, 0.29) is 10.8 Å². The van der Waals surface area contributed by atoms with Gasteiger partial charge in [-0.25, -0.2) is 8.42 Å². The molecule has 1 amide bonds. The Morgan fingerprint density at radius 2 is 1.80 bits per heavy atom. The molecule has 1 N–H and O–H groups in total. The van der Waals surface area contributed by atoms with E-state index in [0.29, 0.717) is 37.6 Å². The molecule has 0 fully saturated rings. The molecule has 0 radical (unpaired) electrons. The van der Waals surface area contributed by atoms with E-state index in [4.69, 9.17) is 4.74 Å². The number of nitrogens with zero attached hydrogens (tertiary/aromatic N) is 1. The Bertz CT molecular complexity index is 655. The molecule has 1 aromatic carbocycles. The fourth-order valence-corrected chi connectivity index (χ4v) is 3.99. The summed E-state index contributed by atoms with van der Waals surface area (Å²) in [6, 6.07) is 4.60. The number of carbonyl (C=O) groups excluding carboxylic acids is 1. The Morgan fingerprint density at radius 1 is 1.12 bits per heavy atom. The topological polar surface area (TPSA) is 75.7 Å². The number of nitrogens with one attached hydrogen (secondary N) is 1. The van der Waals surface area contributed by atoms with Gasteiger partial charge in [-0.05, 0) is 31.5 Å². The van der Waals surface area contributed by atoms with Gasteiger partial charge < -0.3 is 10.1 Å².